The van der Waals surface area contributed by atoms with Crippen LogP contribution in [-0.4, -0.2) is 41.2 Å². The molecule has 1 atom stereocenters. The third-order valence-electron chi connectivity index (χ3n) is 5.16. The zero-order chi connectivity index (χ0) is 17.0. The maximum atomic E-state index is 13.0. The molecule has 3 rings (SSSR count). The molecule has 1 saturated heterocycles. The number of hydrogen-bond donors (Lipinski definition) is 2. The van der Waals surface area contributed by atoms with E-state index in [0.29, 0.717) is 18.8 Å². The summed E-state index contributed by atoms with van der Waals surface area (Å²) in [7, 11) is 0. The number of aromatic nitrogens is 1. The quantitative estimate of drug-likeness (QED) is 0.886. The summed E-state index contributed by atoms with van der Waals surface area (Å²) in [4.78, 5) is 18.3. The van der Waals surface area contributed by atoms with Gasteiger partial charge in [-0.05, 0) is 37.8 Å². The first-order chi connectivity index (χ1) is 11.6. The third-order valence-corrected chi connectivity index (χ3v) is 5.16. The lowest BCUT2D eigenvalue weighted by molar-refractivity contribution is -0.127. The molecular formula is C18H26FN3O2. The molecule has 5 nitrogen and oxygen atoms in total. The number of nitrogens with zero attached hydrogens (tertiary/aromatic N) is 2. The second kappa shape index (κ2) is 7.47. The summed E-state index contributed by atoms with van der Waals surface area (Å²) in [5, 5.41) is 13.8. The van der Waals surface area contributed by atoms with Gasteiger partial charge >= 0.3 is 0 Å². The summed E-state index contributed by atoms with van der Waals surface area (Å²) in [5.74, 6) is 0.458. The van der Waals surface area contributed by atoms with Gasteiger partial charge in [0, 0.05) is 25.6 Å². The molecule has 1 unspecified atom stereocenters. The molecule has 1 amide bonds. The Morgan fingerprint density at radius 1 is 1.33 bits per heavy atom. The molecule has 1 aromatic heterocycles. The molecule has 1 aromatic rings. The minimum absolute atomic E-state index is 0.0696. The molecule has 0 radical (unpaired) electrons. The Kier molecular flexibility index (Phi) is 5.33. The van der Waals surface area contributed by atoms with Crippen LogP contribution in [0, 0.1) is 11.7 Å². The number of nitrogens with one attached hydrogen (secondary N) is 1. The number of anilines is 1. The SMILES string of the molecule is O=C(NCC1(O)CCCN(c2ccc(F)cn2)C1)C1CCCCC1. The highest BCUT2D eigenvalue weighted by Crippen LogP contribution is 2.26. The van der Waals surface area contributed by atoms with Crippen molar-refractivity contribution < 1.29 is 14.3 Å². The monoisotopic (exact) mass is 335 g/mol. The summed E-state index contributed by atoms with van der Waals surface area (Å²) in [5.41, 5.74) is -0.960. The number of hydrogen-bond acceptors (Lipinski definition) is 4. The van der Waals surface area contributed by atoms with Gasteiger partial charge < -0.3 is 15.3 Å². The fourth-order valence-corrected chi connectivity index (χ4v) is 3.77. The highest BCUT2D eigenvalue weighted by Gasteiger charge is 2.35. The average molecular weight is 335 g/mol. The number of halogens is 1. The normalized spacial score (nSPS) is 25.5. The van der Waals surface area contributed by atoms with Gasteiger partial charge in [0.2, 0.25) is 5.91 Å². The Morgan fingerprint density at radius 3 is 2.83 bits per heavy atom. The van der Waals surface area contributed by atoms with Gasteiger partial charge in [0.1, 0.15) is 11.6 Å². The van der Waals surface area contributed by atoms with E-state index in [1.54, 1.807) is 6.07 Å². The Labute approximate surface area is 142 Å². The lowest BCUT2D eigenvalue weighted by atomic mass is 9.88. The van der Waals surface area contributed by atoms with Crippen molar-refractivity contribution in [2.24, 2.45) is 5.92 Å². The fourth-order valence-electron chi connectivity index (χ4n) is 3.77. The topological polar surface area (TPSA) is 65.5 Å². The number of aliphatic hydroxyl groups is 1. The lowest BCUT2D eigenvalue weighted by Gasteiger charge is -2.40. The molecule has 0 spiro atoms. The number of amides is 1. The highest BCUT2D eigenvalue weighted by atomic mass is 19.1. The number of carbonyl (C=O) groups excluding carboxylic acids is 1. The summed E-state index contributed by atoms with van der Waals surface area (Å²) in [6.45, 7) is 1.44. The molecule has 1 aliphatic heterocycles. The lowest BCUT2D eigenvalue weighted by Crippen LogP contribution is -2.55. The van der Waals surface area contributed by atoms with Crippen LogP contribution in [-0.2, 0) is 4.79 Å². The van der Waals surface area contributed by atoms with Crippen molar-refractivity contribution in [2.45, 2.75) is 50.5 Å². The van der Waals surface area contributed by atoms with E-state index in [0.717, 1.165) is 38.6 Å². The highest BCUT2D eigenvalue weighted by molar-refractivity contribution is 5.78. The molecule has 2 N–H and O–H groups in total. The predicted octanol–water partition coefficient (Wildman–Crippen LogP) is 2.25. The molecule has 2 heterocycles. The van der Waals surface area contributed by atoms with Crippen molar-refractivity contribution in [3.63, 3.8) is 0 Å². The van der Waals surface area contributed by atoms with Crippen LogP contribution in [0.3, 0.4) is 0 Å². The van der Waals surface area contributed by atoms with Crippen molar-refractivity contribution >= 4 is 11.7 Å². The summed E-state index contributed by atoms with van der Waals surface area (Å²) < 4.78 is 13.0. The fraction of sp³-hybridized carbons (Fsp3) is 0.667. The number of piperidine rings is 1. The summed E-state index contributed by atoms with van der Waals surface area (Å²) in [6, 6.07) is 3.00. The van der Waals surface area contributed by atoms with E-state index < -0.39 is 5.60 Å². The van der Waals surface area contributed by atoms with Crippen molar-refractivity contribution in [1.82, 2.24) is 10.3 Å². The molecule has 132 valence electrons. The van der Waals surface area contributed by atoms with Gasteiger partial charge in [-0.15, -0.1) is 0 Å². The van der Waals surface area contributed by atoms with Crippen LogP contribution < -0.4 is 10.2 Å². The standard InChI is InChI=1S/C18H26FN3O2/c19-15-7-8-16(20-11-15)22-10-4-9-18(24,13-22)12-21-17(23)14-5-2-1-3-6-14/h7-8,11,14,24H,1-6,9-10,12-13H2,(H,21,23). The first kappa shape index (κ1) is 17.1. The zero-order valence-electron chi connectivity index (χ0n) is 14.0. The van der Waals surface area contributed by atoms with E-state index in [1.807, 2.05) is 4.90 Å². The van der Waals surface area contributed by atoms with Gasteiger partial charge in [-0.25, -0.2) is 9.37 Å². The smallest absolute Gasteiger partial charge is 0.223 e. The predicted molar refractivity (Wildman–Crippen MR) is 90.2 cm³/mol. The second-order valence-corrected chi connectivity index (χ2v) is 7.14. The van der Waals surface area contributed by atoms with Gasteiger partial charge in [-0.3, -0.25) is 4.79 Å². The third kappa shape index (κ3) is 4.23. The Hall–Kier alpha value is -1.69. The van der Waals surface area contributed by atoms with Crippen LogP contribution in [0.1, 0.15) is 44.9 Å². The van der Waals surface area contributed by atoms with Crippen LogP contribution in [0.15, 0.2) is 18.3 Å². The maximum absolute atomic E-state index is 13.0. The molecule has 6 heteroatoms. The number of pyridine rings is 1. The van der Waals surface area contributed by atoms with Crippen LogP contribution in [0.2, 0.25) is 0 Å². The Balaban J connectivity index is 1.56. The molecule has 0 aromatic carbocycles. The van der Waals surface area contributed by atoms with E-state index in [9.17, 15) is 14.3 Å². The minimum Gasteiger partial charge on any atom is -0.386 e. The van der Waals surface area contributed by atoms with Crippen LogP contribution >= 0.6 is 0 Å². The van der Waals surface area contributed by atoms with Crippen LogP contribution in [0.5, 0.6) is 0 Å². The first-order valence-corrected chi connectivity index (χ1v) is 8.92. The second-order valence-electron chi connectivity index (χ2n) is 7.14. The number of β-amino-alcohol motifs (C(OH)–C–C–N with tert-alkyl or cyclic N) is 1. The maximum Gasteiger partial charge on any atom is 0.223 e. The van der Waals surface area contributed by atoms with Crippen LogP contribution in [0.25, 0.3) is 0 Å². The average Bonchev–Trinajstić information content (AvgIpc) is 2.61. The van der Waals surface area contributed by atoms with Gasteiger partial charge in [-0.2, -0.15) is 0 Å². The summed E-state index contributed by atoms with van der Waals surface area (Å²) >= 11 is 0. The molecule has 2 aliphatic rings. The largest absolute Gasteiger partial charge is 0.386 e. The van der Waals surface area contributed by atoms with Crippen molar-refractivity contribution in [3.05, 3.63) is 24.1 Å². The first-order valence-electron chi connectivity index (χ1n) is 8.92. The van der Waals surface area contributed by atoms with Gasteiger partial charge in [0.15, 0.2) is 0 Å². The van der Waals surface area contributed by atoms with E-state index in [-0.39, 0.29) is 24.2 Å². The van der Waals surface area contributed by atoms with E-state index in [4.69, 9.17) is 0 Å². The molecule has 0 bridgehead atoms. The molecule has 1 saturated carbocycles. The van der Waals surface area contributed by atoms with Crippen molar-refractivity contribution in [2.75, 3.05) is 24.5 Å². The van der Waals surface area contributed by atoms with Gasteiger partial charge in [0.25, 0.3) is 0 Å². The molecular weight excluding hydrogens is 309 g/mol. The number of rotatable bonds is 4. The Morgan fingerprint density at radius 2 is 2.12 bits per heavy atom. The van der Waals surface area contributed by atoms with Crippen LogP contribution in [0.4, 0.5) is 10.2 Å². The van der Waals surface area contributed by atoms with Crippen molar-refractivity contribution in [1.29, 1.82) is 0 Å². The van der Waals surface area contributed by atoms with E-state index >= 15 is 0 Å². The Bertz CT molecular complexity index is 560. The van der Waals surface area contributed by atoms with E-state index in [2.05, 4.69) is 10.3 Å². The van der Waals surface area contributed by atoms with E-state index in [1.165, 1.54) is 18.7 Å². The minimum atomic E-state index is -0.960. The van der Waals surface area contributed by atoms with Gasteiger partial charge in [0.05, 0.1) is 11.8 Å². The molecule has 1 aliphatic carbocycles. The summed E-state index contributed by atoms with van der Waals surface area (Å²) in [6.07, 6.45) is 8.01. The molecule has 2 fully saturated rings. The zero-order valence-corrected chi connectivity index (χ0v) is 14.0. The number of carbonyl (C=O) groups is 1. The molecule has 24 heavy (non-hydrogen) atoms. The van der Waals surface area contributed by atoms with Crippen molar-refractivity contribution in [3.8, 4) is 0 Å². The van der Waals surface area contributed by atoms with Gasteiger partial charge in [-0.1, -0.05) is 19.3 Å².